The Morgan fingerprint density at radius 3 is 2.43 bits per heavy atom. The summed E-state index contributed by atoms with van der Waals surface area (Å²) in [5, 5.41) is 8.86. The van der Waals surface area contributed by atoms with Crippen LogP contribution in [0.3, 0.4) is 0 Å². The van der Waals surface area contributed by atoms with Gasteiger partial charge in [0, 0.05) is 32.2 Å². The number of amides is 2. The molecule has 1 aromatic rings. The van der Waals surface area contributed by atoms with Crippen LogP contribution in [0, 0.1) is 5.92 Å². The number of rotatable bonds is 4. The number of anilines is 1. The van der Waals surface area contributed by atoms with Gasteiger partial charge in [0.2, 0.25) is 11.8 Å². The summed E-state index contributed by atoms with van der Waals surface area (Å²) in [5.74, 6) is -1.45. The maximum Gasteiger partial charge on any atom is 0.335 e. The fourth-order valence-corrected chi connectivity index (χ4v) is 2.47. The fraction of sp³-hybridized carbons (Fsp3) is 0.400. The topological polar surface area (TPSA) is 77.9 Å². The predicted molar refractivity (Wildman–Crippen MR) is 77.2 cm³/mol. The molecule has 2 rings (SSSR count). The van der Waals surface area contributed by atoms with Gasteiger partial charge in [0.1, 0.15) is 0 Å². The Kier molecular flexibility index (Phi) is 4.26. The predicted octanol–water partition coefficient (Wildman–Crippen LogP) is 1.22. The average Bonchev–Trinajstić information content (AvgIpc) is 2.87. The maximum absolute atomic E-state index is 12.4. The van der Waals surface area contributed by atoms with Crippen molar-refractivity contribution in [2.45, 2.75) is 13.3 Å². The van der Waals surface area contributed by atoms with Crippen LogP contribution >= 0.6 is 0 Å². The standard InChI is InChI=1S/C15H18N2O4/c1-3-17-9-11(8-13(17)18)14(19)16(2)12-6-4-10(5-7-12)15(20)21/h4-7,11H,3,8-9H2,1-2H3,(H,20,21). The van der Waals surface area contributed by atoms with Crippen LogP contribution in [-0.2, 0) is 9.59 Å². The van der Waals surface area contributed by atoms with E-state index in [9.17, 15) is 14.4 Å². The van der Waals surface area contributed by atoms with E-state index in [1.807, 2.05) is 6.92 Å². The highest BCUT2D eigenvalue weighted by atomic mass is 16.4. The van der Waals surface area contributed by atoms with Gasteiger partial charge in [-0.1, -0.05) is 0 Å². The van der Waals surface area contributed by atoms with Crippen molar-refractivity contribution in [3.8, 4) is 0 Å². The van der Waals surface area contributed by atoms with Crippen molar-refractivity contribution in [1.82, 2.24) is 4.90 Å². The Morgan fingerprint density at radius 1 is 1.33 bits per heavy atom. The number of carbonyl (C=O) groups excluding carboxylic acids is 2. The summed E-state index contributed by atoms with van der Waals surface area (Å²) in [5.41, 5.74) is 0.792. The lowest BCUT2D eigenvalue weighted by molar-refractivity contribution is -0.128. The van der Waals surface area contributed by atoms with Gasteiger partial charge >= 0.3 is 5.97 Å². The summed E-state index contributed by atoms with van der Waals surface area (Å²) in [6, 6.07) is 6.10. The molecule has 1 atom stereocenters. The van der Waals surface area contributed by atoms with Crippen molar-refractivity contribution in [3.05, 3.63) is 29.8 Å². The Bertz CT molecular complexity index is 568. The van der Waals surface area contributed by atoms with Gasteiger partial charge in [-0.3, -0.25) is 9.59 Å². The first-order valence-electron chi connectivity index (χ1n) is 6.82. The first-order chi connectivity index (χ1) is 9.93. The number of aromatic carboxylic acids is 1. The number of nitrogens with zero attached hydrogens (tertiary/aromatic N) is 2. The fourth-order valence-electron chi connectivity index (χ4n) is 2.47. The van der Waals surface area contributed by atoms with E-state index in [0.29, 0.717) is 18.8 Å². The molecule has 112 valence electrons. The number of carboxylic acid groups (broad SMARTS) is 1. The number of likely N-dealkylation sites (tertiary alicyclic amines) is 1. The number of hydrogen-bond acceptors (Lipinski definition) is 3. The van der Waals surface area contributed by atoms with Crippen LogP contribution < -0.4 is 4.90 Å². The molecule has 0 saturated carbocycles. The molecule has 0 aromatic heterocycles. The van der Waals surface area contributed by atoms with Crippen LogP contribution in [0.25, 0.3) is 0 Å². The average molecular weight is 290 g/mol. The molecule has 0 radical (unpaired) electrons. The second kappa shape index (κ2) is 5.95. The highest BCUT2D eigenvalue weighted by Crippen LogP contribution is 2.23. The second-order valence-corrected chi connectivity index (χ2v) is 5.08. The van der Waals surface area contributed by atoms with Crippen LogP contribution in [0.1, 0.15) is 23.7 Å². The van der Waals surface area contributed by atoms with E-state index in [1.54, 1.807) is 24.1 Å². The number of hydrogen-bond donors (Lipinski definition) is 1. The molecule has 1 aliphatic heterocycles. The molecule has 0 spiro atoms. The summed E-state index contributed by atoms with van der Waals surface area (Å²) in [7, 11) is 1.64. The number of carboxylic acids is 1. The maximum atomic E-state index is 12.4. The van der Waals surface area contributed by atoms with Crippen molar-refractivity contribution in [2.24, 2.45) is 5.92 Å². The molecular formula is C15H18N2O4. The summed E-state index contributed by atoms with van der Waals surface area (Å²) in [6.07, 6.45) is 0.240. The molecule has 6 nitrogen and oxygen atoms in total. The zero-order valence-corrected chi connectivity index (χ0v) is 12.1. The molecule has 1 heterocycles. The van der Waals surface area contributed by atoms with Gasteiger partial charge in [0.25, 0.3) is 0 Å². The van der Waals surface area contributed by atoms with Gasteiger partial charge < -0.3 is 14.9 Å². The number of benzene rings is 1. The minimum atomic E-state index is -1.00. The van der Waals surface area contributed by atoms with Gasteiger partial charge in [0.05, 0.1) is 11.5 Å². The third kappa shape index (κ3) is 3.04. The smallest absolute Gasteiger partial charge is 0.335 e. The van der Waals surface area contributed by atoms with E-state index >= 15 is 0 Å². The monoisotopic (exact) mass is 290 g/mol. The molecular weight excluding hydrogens is 272 g/mol. The van der Waals surface area contributed by atoms with Crippen molar-refractivity contribution >= 4 is 23.5 Å². The molecule has 0 aliphatic carbocycles. The minimum absolute atomic E-state index is 0.00507. The highest BCUT2D eigenvalue weighted by Gasteiger charge is 2.35. The van der Waals surface area contributed by atoms with E-state index in [1.165, 1.54) is 17.0 Å². The zero-order chi connectivity index (χ0) is 15.6. The molecule has 1 unspecified atom stereocenters. The molecule has 1 saturated heterocycles. The summed E-state index contributed by atoms with van der Waals surface area (Å²) >= 11 is 0. The summed E-state index contributed by atoms with van der Waals surface area (Å²) in [4.78, 5) is 38.0. The van der Waals surface area contributed by atoms with Gasteiger partial charge in [-0.25, -0.2) is 4.79 Å². The lowest BCUT2D eigenvalue weighted by Gasteiger charge is -2.21. The molecule has 1 aliphatic rings. The van der Waals surface area contributed by atoms with E-state index in [4.69, 9.17) is 5.11 Å². The summed E-state index contributed by atoms with van der Waals surface area (Å²) < 4.78 is 0. The molecule has 0 bridgehead atoms. The molecule has 1 N–H and O–H groups in total. The quantitative estimate of drug-likeness (QED) is 0.904. The number of carbonyl (C=O) groups is 3. The van der Waals surface area contributed by atoms with Crippen LogP contribution in [0.5, 0.6) is 0 Å². The van der Waals surface area contributed by atoms with E-state index < -0.39 is 5.97 Å². The lowest BCUT2D eigenvalue weighted by atomic mass is 10.1. The van der Waals surface area contributed by atoms with Crippen molar-refractivity contribution in [2.75, 3.05) is 25.0 Å². The molecule has 2 amide bonds. The van der Waals surface area contributed by atoms with Crippen LogP contribution in [0.2, 0.25) is 0 Å². The van der Waals surface area contributed by atoms with Gasteiger partial charge in [-0.05, 0) is 31.2 Å². The third-order valence-electron chi connectivity index (χ3n) is 3.78. The molecule has 1 fully saturated rings. The van der Waals surface area contributed by atoms with Crippen molar-refractivity contribution < 1.29 is 19.5 Å². The zero-order valence-electron chi connectivity index (χ0n) is 12.1. The molecule has 21 heavy (non-hydrogen) atoms. The van der Waals surface area contributed by atoms with Gasteiger partial charge in [0.15, 0.2) is 0 Å². The summed E-state index contributed by atoms with van der Waals surface area (Å²) in [6.45, 7) is 2.95. The van der Waals surface area contributed by atoms with E-state index in [2.05, 4.69) is 0 Å². The van der Waals surface area contributed by atoms with E-state index in [-0.39, 0.29) is 29.7 Å². The lowest BCUT2D eigenvalue weighted by Crippen LogP contribution is -2.34. The first kappa shape index (κ1) is 15.0. The van der Waals surface area contributed by atoms with Gasteiger partial charge in [-0.15, -0.1) is 0 Å². The van der Waals surface area contributed by atoms with Crippen LogP contribution in [0.4, 0.5) is 5.69 Å². The SMILES string of the molecule is CCN1CC(C(=O)N(C)c2ccc(C(=O)O)cc2)CC1=O. The normalized spacial score (nSPS) is 17.9. The van der Waals surface area contributed by atoms with Crippen LogP contribution in [0.15, 0.2) is 24.3 Å². The second-order valence-electron chi connectivity index (χ2n) is 5.08. The Morgan fingerprint density at radius 2 is 1.95 bits per heavy atom. The third-order valence-corrected chi connectivity index (χ3v) is 3.78. The first-order valence-corrected chi connectivity index (χ1v) is 6.82. The molecule has 6 heteroatoms. The highest BCUT2D eigenvalue weighted by molar-refractivity contribution is 5.99. The van der Waals surface area contributed by atoms with Gasteiger partial charge in [-0.2, -0.15) is 0 Å². The van der Waals surface area contributed by atoms with Crippen molar-refractivity contribution in [3.63, 3.8) is 0 Å². The Hall–Kier alpha value is -2.37. The Labute approximate surface area is 123 Å². The Balaban J connectivity index is 2.09. The van der Waals surface area contributed by atoms with Crippen LogP contribution in [-0.4, -0.2) is 47.9 Å². The minimum Gasteiger partial charge on any atom is -0.478 e. The largest absolute Gasteiger partial charge is 0.478 e. The van der Waals surface area contributed by atoms with E-state index in [0.717, 1.165) is 0 Å². The van der Waals surface area contributed by atoms with Crippen molar-refractivity contribution in [1.29, 1.82) is 0 Å². The molecule has 1 aromatic carbocycles.